The fourth-order valence-electron chi connectivity index (χ4n) is 3.27. The second-order valence-corrected chi connectivity index (χ2v) is 6.65. The molecule has 1 atom stereocenters. The van der Waals surface area contributed by atoms with Gasteiger partial charge in [-0.25, -0.2) is 4.98 Å². The normalized spacial score (nSPS) is 20.6. The predicted molar refractivity (Wildman–Crippen MR) is 101 cm³/mol. The molecule has 0 radical (unpaired) electrons. The number of aliphatic carboxylic acids is 1. The molecule has 6 nitrogen and oxygen atoms in total. The molecule has 3 rings (SSSR count). The van der Waals surface area contributed by atoms with Gasteiger partial charge in [-0.15, -0.1) is 24.8 Å². The fraction of sp³-hybridized carbons (Fsp3) is 0.588. The number of carboxylic acids is 1. The number of carbonyl (C=O) groups is 2. The van der Waals surface area contributed by atoms with Crippen LogP contribution in [0, 0.1) is 11.8 Å². The number of likely N-dealkylation sites (tertiary alicyclic amines) is 1. The lowest BCUT2D eigenvalue weighted by Crippen LogP contribution is -2.33. The summed E-state index contributed by atoms with van der Waals surface area (Å²) in [6.45, 7) is 5.08. The number of anilines is 1. The maximum absolute atomic E-state index is 12.4. The van der Waals surface area contributed by atoms with Crippen LogP contribution in [0.5, 0.6) is 0 Å². The van der Waals surface area contributed by atoms with E-state index in [0.29, 0.717) is 25.1 Å². The van der Waals surface area contributed by atoms with E-state index in [9.17, 15) is 9.59 Å². The summed E-state index contributed by atoms with van der Waals surface area (Å²) in [4.78, 5) is 31.7. The van der Waals surface area contributed by atoms with Gasteiger partial charge in [0.25, 0.3) is 5.91 Å². The Hall–Kier alpha value is -1.53. The quantitative estimate of drug-likeness (QED) is 0.859. The van der Waals surface area contributed by atoms with Crippen molar-refractivity contribution < 1.29 is 14.7 Å². The van der Waals surface area contributed by atoms with E-state index in [2.05, 4.69) is 16.8 Å². The van der Waals surface area contributed by atoms with E-state index >= 15 is 0 Å². The first-order chi connectivity index (χ1) is 11.0. The molecule has 1 aromatic rings. The smallest absolute Gasteiger partial charge is 0.308 e. The maximum atomic E-state index is 12.4. The van der Waals surface area contributed by atoms with Crippen molar-refractivity contribution >= 4 is 42.5 Å². The number of hydrogen-bond donors (Lipinski definition) is 1. The topological polar surface area (TPSA) is 73.7 Å². The van der Waals surface area contributed by atoms with Crippen LogP contribution in [0.2, 0.25) is 0 Å². The molecule has 1 unspecified atom stereocenters. The van der Waals surface area contributed by atoms with E-state index in [4.69, 9.17) is 5.11 Å². The molecule has 0 spiro atoms. The highest BCUT2D eigenvalue weighted by Gasteiger charge is 2.31. The van der Waals surface area contributed by atoms with Gasteiger partial charge in [-0.2, -0.15) is 0 Å². The first-order valence-electron chi connectivity index (χ1n) is 8.27. The molecular formula is C17H25Cl2N3O3. The molecule has 25 heavy (non-hydrogen) atoms. The van der Waals surface area contributed by atoms with E-state index < -0.39 is 11.9 Å². The van der Waals surface area contributed by atoms with E-state index in [1.165, 1.54) is 12.8 Å². The Morgan fingerprint density at radius 1 is 1.12 bits per heavy atom. The van der Waals surface area contributed by atoms with Crippen LogP contribution in [0.15, 0.2) is 18.3 Å². The van der Waals surface area contributed by atoms with Gasteiger partial charge in [0, 0.05) is 32.4 Å². The molecule has 2 fully saturated rings. The van der Waals surface area contributed by atoms with Crippen LogP contribution in [0.1, 0.15) is 36.5 Å². The molecule has 1 N–H and O–H groups in total. The highest BCUT2D eigenvalue weighted by molar-refractivity contribution is 5.94. The van der Waals surface area contributed by atoms with Gasteiger partial charge in [-0.05, 0) is 37.3 Å². The monoisotopic (exact) mass is 389 g/mol. The van der Waals surface area contributed by atoms with Crippen LogP contribution in [0.4, 0.5) is 5.82 Å². The molecule has 8 heteroatoms. The van der Waals surface area contributed by atoms with Crippen molar-refractivity contribution in [2.75, 3.05) is 31.1 Å². The van der Waals surface area contributed by atoms with Gasteiger partial charge in [0.1, 0.15) is 5.82 Å². The summed E-state index contributed by atoms with van der Waals surface area (Å²) in [5, 5.41) is 9.03. The summed E-state index contributed by atoms with van der Waals surface area (Å²) >= 11 is 0. The Morgan fingerprint density at radius 2 is 1.80 bits per heavy atom. The number of carbonyl (C=O) groups excluding carboxylic acids is 1. The fourth-order valence-corrected chi connectivity index (χ4v) is 3.27. The van der Waals surface area contributed by atoms with Crippen LogP contribution in [-0.2, 0) is 4.79 Å². The van der Waals surface area contributed by atoms with Gasteiger partial charge in [-0.3, -0.25) is 9.59 Å². The molecule has 3 heterocycles. The Morgan fingerprint density at radius 3 is 2.32 bits per heavy atom. The molecule has 0 aliphatic carbocycles. The molecule has 2 aliphatic rings. The summed E-state index contributed by atoms with van der Waals surface area (Å²) in [6, 6.07) is 3.70. The van der Waals surface area contributed by atoms with Crippen molar-refractivity contribution in [3.05, 3.63) is 23.9 Å². The van der Waals surface area contributed by atoms with Gasteiger partial charge in [0.2, 0.25) is 0 Å². The van der Waals surface area contributed by atoms with E-state index in [-0.39, 0.29) is 30.7 Å². The number of rotatable bonds is 3. The zero-order valence-electron chi connectivity index (χ0n) is 14.3. The largest absolute Gasteiger partial charge is 0.481 e. The molecule has 1 aromatic heterocycles. The Kier molecular flexibility index (Phi) is 7.96. The van der Waals surface area contributed by atoms with Crippen molar-refractivity contribution in [2.24, 2.45) is 11.8 Å². The predicted octanol–water partition coefficient (Wildman–Crippen LogP) is 2.71. The van der Waals surface area contributed by atoms with Gasteiger partial charge < -0.3 is 14.9 Å². The number of pyridine rings is 1. The van der Waals surface area contributed by atoms with Gasteiger partial charge in [0.15, 0.2) is 0 Å². The first kappa shape index (κ1) is 21.5. The molecule has 140 valence electrons. The van der Waals surface area contributed by atoms with Crippen LogP contribution in [0.3, 0.4) is 0 Å². The summed E-state index contributed by atoms with van der Waals surface area (Å²) in [7, 11) is 0. The van der Waals surface area contributed by atoms with Crippen molar-refractivity contribution in [2.45, 2.75) is 26.2 Å². The molecule has 1 amide bonds. The number of nitrogens with zero attached hydrogens (tertiary/aromatic N) is 3. The SMILES string of the molecule is CC1CCN(c2ccc(C(=O)N3CCC(C(=O)O)C3)cn2)CC1.Cl.Cl. The van der Waals surface area contributed by atoms with Gasteiger partial charge in [0.05, 0.1) is 11.5 Å². The zero-order chi connectivity index (χ0) is 16.4. The number of carboxylic acid groups (broad SMARTS) is 1. The minimum atomic E-state index is -0.826. The van der Waals surface area contributed by atoms with Crippen LogP contribution >= 0.6 is 24.8 Å². The number of amides is 1. The third-order valence-electron chi connectivity index (χ3n) is 4.93. The molecular weight excluding hydrogens is 365 g/mol. The average molecular weight is 390 g/mol. The summed E-state index contributed by atoms with van der Waals surface area (Å²) in [6.07, 6.45) is 4.49. The second kappa shape index (κ2) is 9.25. The third kappa shape index (κ3) is 4.98. The Balaban J connectivity index is 0.00000156. The minimum absolute atomic E-state index is 0. The van der Waals surface area contributed by atoms with Crippen molar-refractivity contribution in [1.29, 1.82) is 0 Å². The lowest BCUT2D eigenvalue weighted by Gasteiger charge is -2.31. The number of aromatic nitrogens is 1. The van der Waals surface area contributed by atoms with E-state index in [0.717, 1.165) is 24.8 Å². The Labute approximate surface area is 160 Å². The highest BCUT2D eigenvalue weighted by Crippen LogP contribution is 2.22. The number of halogens is 2. The number of piperidine rings is 1. The standard InChI is InChI=1S/C17H23N3O3.2ClH/c1-12-4-7-19(8-5-12)15-3-2-13(10-18-15)16(21)20-9-6-14(11-20)17(22)23;;/h2-3,10,12,14H,4-9,11H2,1H3,(H,22,23);2*1H. The van der Waals surface area contributed by atoms with Crippen molar-refractivity contribution in [3.63, 3.8) is 0 Å². The molecule has 0 bridgehead atoms. The summed E-state index contributed by atoms with van der Waals surface area (Å²) in [5.41, 5.74) is 0.533. The van der Waals surface area contributed by atoms with E-state index in [1.54, 1.807) is 17.2 Å². The van der Waals surface area contributed by atoms with Crippen molar-refractivity contribution in [1.82, 2.24) is 9.88 Å². The average Bonchev–Trinajstić information content (AvgIpc) is 3.05. The molecule has 2 saturated heterocycles. The Bertz CT molecular complexity index is 589. The summed E-state index contributed by atoms with van der Waals surface area (Å²) < 4.78 is 0. The van der Waals surface area contributed by atoms with Crippen LogP contribution in [-0.4, -0.2) is 53.0 Å². The van der Waals surface area contributed by atoms with Crippen molar-refractivity contribution in [3.8, 4) is 0 Å². The van der Waals surface area contributed by atoms with Crippen LogP contribution in [0.25, 0.3) is 0 Å². The van der Waals surface area contributed by atoms with Gasteiger partial charge >= 0.3 is 5.97 Å². The minimum Gasteiger partial charge on any atom is -0.481 e. The van der Waals surface area contributed by atoms with E-state index in [1.807, 2.05) is 6.07 Å². The third-order valence-corrected chi connectivity index (χ3v) is 4.93. The number of hydrogen-bond acceptors (Lipinski definition) is 4. The summed E-state index contributed by atoms with van der Waals surface area (Å²) in [5.74, 6) is 0.289. The molecule has 0 saturated carbocycles. The lowest BCUT2D eigenvalue weighted by molar-refractivity contribution is -0.141. The molecule has 2 aliphatic heterocycles. The molecule has 0 aromatic carbocycles. The maximum Gasteiger partial charge on any atom is 0.308 e. The zero-order valence-corrected chi connectivity index (χ0v) is 15.9. The second-order valence-electron chi connectivity index (χ2n) is 6.65. The highest BCUT2D eigenvalue weighted by atomic mass is 35.5. The van der Waals surface area contributed by atoms with Gasteiger partial charge in [-0.1, -0.05) is 6.92 Å². The first-order valence-corrected chi connectivity index (χ1v) is 8.27. The van der Waals surface area contributed by atoms with Crippen LogP contribution < -0.4 is 4.90 Å². The lowest BCUT2D eigenvalue weighted by atomic mass is 9.99.